The van der Waals surface area contributed by atoms with Gasteiger partial charge >= 0.3 is 7.12 Å². The number of halogens is 1. The van der Waals surface area contributed by atoms with Crippen molar-refractivity contribution in [3.63, 3.8) is 0 Å². The first-order chi connectivity index (χ1) is 6.68. The summed E-state index contributed by atoms with van der Waals surface area (Å²) in [6.45, 7) is 0. The molecule has 2 nitrogen and oxygen atoms in total. The molecule has 0 saturated heterocycles. The van der Waals surface area contributed by atoms with Crippen LogP contribution in [0.2, 0.25) is 5.02 Å². The van der Waals surface area contributed by atoms with E-state index in [1.165, 1.54) is 0 Å². The van der Waals surface area contributed by atoms with Gasteiger partial charge in [-0.25, -0.2) is 0 Å². The Balaban J connectivity index is 2.71. The van der Waals surface area contributed by atoms with Crippen molar-refractivity contribution in [1.29, 1.82) is 0 Å². The Kier molecular flexibility index (Phi) is 2.46. The van der Waals surface area contributed by atoms with Crippen LogP contribution in [-0.4, -0.2) is 17.2 Å². The fraction of sp³-hybridized carbons (Fsp3) is 0. The number of fused-ring (bicyclic) bond motifs is 1. The minimum Gasteiger partial charge on any atom is -0.423 e. The van der Waals surface area contributed by atoms with Crippen LogP contribution >= 0.6 is 11.6 Å². The first-order valence-corrected chi connectivity index (χ1v) is 4.60. The minimum absolute atomic E-state index is 0.338. The average molecular weight is 206 g/mol. The summed E-state index contributed by atoms with van der Waals surface area (Å²) < 4.78 is 0. The first-order valence-electron chi connectivity index (χ1n) is 4.23. The highest BCUT2D eigenvalue weighted by molar-refractivity contribution is 6.63. The zero-order chi connectivity index (χ0) is 10.1. The summed E-state index contributed by atoms with van der Waals surface area (Å²) in [5.74, 6) is 0. The molecule has 0 aliphatic rings. The average Bonchev–Trinajstić information content (AvgIpc) is 2.16. The van der Waals surface area contributed by atoms with Gasteiger partial charge in [-0.15, -0.1) is 0 Å². The SMILES string of the molecule is OB(O)c1cc2ccccc2cc1Cl. The third kappa shape index (κ3) is 1.62. The van der Waals surface area contributed by atoms with Crippen molar-refractivity contribution >= 4 is 35.0 Å². The maximum Gasteiger partial charge on any atom is 0.489 e. The first kappa shape index (κ1) is 9.53. The zero-order valence-corrected chi connectivity index (χ0v) is 8.07. The van der Waals surface area contributed by atoms with Crippen LogP contribution in [0.3, 0.4) is 0 Å². The van der Waals surface area contributed by atoms with Crippen molar-refractivity contribution in [2.45, 2.75) is 0 Å². The molecule has 0 saturated carbocycles. The number of rotatable bonds is 1. The molecule has 0 heterocycles. The summed E-state index contributed by atoms with van der Waals surface area (Å²) in [7, 11) is -1.52. The highest BCUT2D eigenvalue weighted by atomic mass is 35.5. The molecule has 0 aliphatic carbocycles. The second-order valence-electron chi connectivity index (χ2n) is 3.09. The molecule has 2 rings (SSSR count). The van der Waals surface area contributed by atoms with Gasteiger partial charge in [-0.2, -0.15) is 0 Å². The molecule has 0 aromatic heterocycles. The fourth-order valence-corrected chi connectivity index (χ4v) is 1.70. The van der Waals surface area contributed by atoms with E-state index < -0.39 is 7.12 Å². The lowest BCUT2D eigenvalue weighted by Crippen LogP contribution is -2.30. The molecule has 2 N–H and O–H groups in total. The Morgan fingerprint density at radius 2 is 1.57 bits per heavy atom. The molecule has 2 aromatic carbocycles. The summed E-state index contributed by atoms with van der Waals surface area (Å²) >= 11 is 5.88. The van der Waals surface area contributed by atoms with Crippen molar-refractivity contribution in [2.24, 2.45) is 0 Å². The van der Waals surface area contributed by atoms with Crippen LogP contribution in [0.25, 0.3) is 10.8 Å². The topological polar surface area (TPSA) is 40.5 Å². The van der Waals surface area contributed by atoms with Crippen LogP contribution in [0, 0.1) is 0 Å². The lowest BCUT2D eigenvalue weighted by molar-refractivity contribution is 0.426. The van der Waals surface area contributed by atoms with E-state index in [2.05, 4.69) is 0 Å². The van der Waals surface area contributed by atoms with Crippen LogP contribution in [0.1, 0.15) is 0 Å². The van der Waals surface area contributed by atoms with Gasteiger partial charge in [-0.05, 0) is 16.8 Å². The van der Waals surface area contributed by atoms with Crippen LogP contribution < -0.4 is 5.46 Å². The van der Waals surface area contributed by atoms with E-state index in [1.807, 2.05) is 24.3 Å². The van der Waals surface area contributed by atoms with Gasteiger partial charge < -0.3 is 10.0 Å². The summed E-state index contributed by atoms with van der Waals surface area (Å²) in [4.78, 5) is 0. The second kappa shape index (κ2) is 3.61. The molecule has 0 bridgehead atoms. The smallest absolute Gasteiger partial charge is 0.423 e. The Labute approximate surface area is 86.9 Å². The van der Waals surface area contributed by atoms with Gasteiger partial charge in [0.1, 0.15) is 0 Å². The molecule has 2 aromatic rings. The standard InChI is InChI=1S/C10H8BClO2/c12-10-6-8-4-2-1-3-7(8)5-9(10)11(13)14/h1-6,13-14H. The molecule has 0 unspecified atom stereocenters. The van der Waals surface area contributed by atoms with Gasteiger partial charge in [0.15, 0.2) is 0 Å². The highest BCUT2D eigenvalue weighted by Crippen LogP contribution is 2.17. The van der Waals surface area contributed by atoms with Gasteiger partial charge in [-0.1, -0.05) is 41.9 Å². The Morgan fingerprint density at radius 3 is 2.14 bits per heavy atom. The lowest BCUT2D eigenvalue weighted by Gasteiger charge is -2.05. The molecule has 0 atom stereocenters. The highest BCUT2D eigenvalue weighted by Gasteiger charge is 2.15. The second-order valence-corrected chi connectivity index (χ2v) is 3.50. The van der Waals surface area contributed by atoms with Crippen molar-refractivity contribution in [3.05, 3.63) is 41.4 Å². The zero-order valence-electron chi connectivity index (χ0n) is 7.31. The third-order valence-corrected chi connectivity index (χ3v) is 2.47. The van der Waals surface area contributed by atoms with Crippen LogP contribution in [0.5, 0.6) is 0 Å². The van der Waals surface area contributed by atoms with Crippen LogP contribution in [-0.2, 0) is 0 Å². The van der Waals surface area contributed by atoms with E-state index in [0.717, 1.165) is 10.8 Å². The van der Waals surface area contributed by atoms with Crippen LogP contribution in [0.4, 0.5) is 0 Å². The molecule has 0 amide bonds. The third-order valence-electron chi connectivity index (χ3n) is 2.14. The number of hydrogen-bond donors (Lipinski definition) is 2. The predicted molar refractivity (Wildman–Crippen MR) is 58.8 cm³/mol. The summed E-state index contributed by atoms with van der Waals surface area (Å²) in [6.07, 6.45) is 0. The van der Waals surface area contributed by atoms with E-state index in [4.69, 9.17) is 21.6 Å². The fourth-order valence-electron chi connectivity index (χ4n) is 1.43. The van der Waals surface area contributed by atoms with E-state index in [1.54, 1.807) is 12.1 Å². The number of benzene rings is 2. The Hall–Kier alpha value is -1.03. The van der Waals surface area contributed by atoms with Crippen LogP contribution in [0.15, 0.2) is 36.4 Å². The predicted octanol–water partition coefficient (Wildman–Crippen LogP) is 1.17. The van der Waals surface area contributed by atoms with Crippen molar-refractivity contribution in [2.75, 3.05) is 0 Å². The lowest BCUT2D eigenvalue weighted by atomic mass is 9.79. The van der Waals surface area contributed by atoms with Gasteiger partial charge in [0, 0.05) is 10.5 Å². The molecule has 70 valence electrons. The Morgan fingerprint density at radius 1 is 1.00 bits per heavy atom. The van der Waals surface area contributed by atoms with Crippen molar-refractivity contribution < 1.29 is 10.0 Å². The van der Waals surface area contributed by atoms with Gasteiger partial charge in [0.05, 0.1) is 0 Å². The quantitative estimate of drug-likeness (QED) is 0.688. The van der Waals surface area contributed by atoms with Crippen molar-refractivity contribution in [3.8, 4) is 0 Å². The molecule has 0 radical (unpaired) electrons. The van der Waals surface area contributed by atoms with E-state index in [9.17, 15) is 0 Å². The minimum atomic E-state index is -1.52. The van der Waals surface area contributed by atoms with E-state index in [-0.39, 0.29) is 0 Å². The molecule has 0 spiro atoms. The summed E-state index contributed by atoms with van der Waals surface area (Å²) in [6, 6.07) is 11.0. The molecule has 14 heavy (non-hydrogen) atoms. The maximum atomic E-state index is 9.04. The van der Waals surface area contributed by atoms with E-state index >= 15 is 0 Å². The molecule has 4 heteroatoms. The van der Waals surface area contributed by atoms with Crippen molar-refractivity contribution in [1.82, 2.24) is 0 Å². The molecular weight excluding hydrogens is 198 g/mol. The summed E-state index contributed by atoms with van der Waals surface area (Å²) in [5.41, 5.74) is 0.338. The molecule has 0 aliphatic heterocycles. The normalized spacial score (nSPS) is 10.5. The monoisotopic (exact) mass is 206 g/mol. The maximum absolute atomic E-state index is 9.04. The van der Waals surface area contributed by atoms with Gasteiger partial charge in [-0.3, -0.25) is 0 Å². The molecular formula is C10H8BClO2. The summed E-state index contributed by atoms with van der Waals surface area (Å²) in [5, 5.41) is 20.4. The van der Waals surface area contributed by atoms with Gasteiger partial charge in [0.25, 0.3) is 0 Å². The van der Waals surface area contributed by atoms with Gasteiger partial charge in [0.2, 0.25) is 0 Å². The molecule has 0 fully saturated rings. The Bertz CT molecular complexity index is 471. The van der Waals surface area contributed by atoms with E-state index in [0.29, 0.717) is 10.5 Å². The largest absolute Gasteiger partial charge is 0.489 e. The number of hydrogen-bond acceptors (Lipinski definition) is 2.